The van der Waals surface area contributed by atoms with Gasteiger partial charge in [0, 0.05) is 41.9 Å². The van der Waals surface area contributed by atoms with E-state index < -0.39 is 0 Å². The molecule has 0 atom stereocenters. The number of hydrogen-bond acceptors (Lipinski definition) is 7. The van der Waals surface area contributed by atoms with Gasteiger partial charge in [-0.3, -0.25) is 4.90 Å². The van der Waals surface area contributed by atoms with E-state index >= 15 is 0 Å². The maximum atomic E-state index is 14.4. The lowest BCUT2D eigenvalue weighted by atomic mass is 10.1. The second-order valence-corrected chi connectivity index (χ2v) is 7.50. The lowest BCUT2D eigenvalue weighted by Gasteiger charge is -2.29. The molecule has 0 unspecified atom stereocenters. The molecule has 2 aromatic carbocycles. The van der Waals surface area contributed by atoms with Crippen molar-refractivity contribution in [1.82, 2.24) is 9.97 Å². The van der Waals surface area contributed by atoms with Crippen molar-refractivity contribution in [1.29, 1.82) is 0 Å². The molecule has 1 N–H and O–H groups in total. The van der Waals surface area contributed by atoms with Gasteiger partial charge in [0.05, 0.1) is 25.5 Å². The van der Waals surface area contributed by atoms with Crippen LogP contribution in [0.25, 0.3) is 11.3 Å². The maximum absolute atomic E-state index is 14.4. The fraction of sp³-hybridized carbons (Fsp3) is 0.261. The molecule has 3 aromatic rings. The smallest absolute Gasteiger partial charge is 0.414 e. The third-order valence-corrected chi connectivity index (χ3v) is 5.41. The molecule has 1 aromatic heterocycles. The summed E-state index contributed by atoms with van der Waals surface area (Å²) in [6.07, 6.45) is 1.30. The Labute approximate surface area is 184 Å². The highest BCUT2D eigenvalue weighted by molar-refractivity contribution is 5.89. The van der Waals surface area contributed by atoms with Crippen molar-refractivity contribution in [2.45, 2.75) is 0 Å². The van der Waals surface area contributed by atoms with E-state index in [0.717, 1.165) is 30.2 Å². The van der Waals surface area contributed by atoms with Crippen LogP contribution in [0.15, 0.2) is 54.7 Å². The Hall–Kier alpha value is -3.72. The van der Waals surface area contributed by atoms with E-state index in [1.807, 2.05) is 30.3 Å². The summed E-state index contributed by atoms with van der Waals surface area (Å²) in [6.45, 7) is 3.65. The van der Waals surface area contributed by atoms with Crippen LogP contribution in [0.5, 0.6) is 0 Å². The Morgan fingerprint density at radius 1 is 0.938 bits per heavy atom. The fourth-order valence-corrected chi connectivity index (χ4v) is 3.79. The zero-order valence-corrected chi connectivity index (χ0v) is 17.3. The quantitative estimate of drug-likeness (QED) is 0.653. The summed E-state index contributed by atoms with van der Waals surface area (Å²) in [6, 6.07) is 14.0. The topological polar surface area (TPSA) is 79.8 Å². The van der Waals surface area contributed by atoms with Gasteiger partial charge in [-0.15, -0.1) is 0 Å². The highest BCUT2D eigenvalue weighted by atomic mass is 19.1. The second kappa shape index (κ2) is 8.80. The van der Waals surface area contributed by atoms with Crippen molar-refractivity contribution in [2.24, 2.45) is 0 Å². The van der Waals surface area contributed by atoms with Crippen molar-refractivity contribution in [3.8, 4) is 11.3 Å². The van der Waals surface area contributed by atoms with E-state index in [9.17, 15) is 9.18 Å². The third kappa shape index (κ3) is 4.33. The van der Waals surface area contributed by atoms with E-state index in [2.05, 4.69) is 20.2 Å². The third-order valence-electron chi connectivity index (χ3n) is 5.41. The number of morpholine rings is 1. The monoisotopic (exact) mass is 435 g/mol. The molecule has 5 rings (SSSR count). The number of halogens is 1. The largest absolute Gasteiger partial charge is 0.447 e. The Balaban J connectivity index is 1.35. The van der Waals surface area contributed by atoms with E-state index in [4.69, 9.17) is 9.47 Å². The van der Waals surface area contributed by atoms with Crippen molar-refractivity contribution in [3.63, 3.8) is 0 Å². The first-order chi connectivity index (χ1) is 15.7. The average Bonchev–Trinajstić information content (AvgIpc) is 3.26. The lowest BCUT2D eigenvalue weighted by Crippen LogP contribution is -2.36. The van der Waals surface area contributed by atoms with Gasteiger partial charge in [-0.25, -0.2) is 19.2 Å². The Kier molecular flexibility index (Phi) is 5.55. The SMILES string of the molecule is O=C1OCCN1c1ccc(Nc2nccc(-c3cc(F)cc(N4CCOCC4)c3)n2)cc1. The normalized spacial score (nSPS) is 16.2. The molecule has 2 saturated heterocycles. The van der Waals surface area contributed by atoms with Gasteiger partial charge in [0.25, 0.3) is 0 Å². The van der Waals surface area contributed by atoms with Crippen LogP contribution in [0, 0.1) is 5.82 Å². The standard InChI is InChI=1S/C23H22FN5O3/c24-17-13-16(14-20(15-17)28-7-10-31-11-8-28)21-5-6-25-22(27-21)26-18-1-3-19(4-2-18)29-9-12-32-23(29)30/h1-6,13-15H,7-12H2,(H,25,26,27). The molecule has 0 radical (unpaired) electrons. The van der Waals surface area contributed by atoms with E-state index in [1.54, 1.807) is 17.2 Å². The first kappa shape index (κ1) is 20.2. The molecule has 32 heavy (non-hydrogen) atoms. The van der Waals surface area contributed by atoms with E-state index in [1.165, 1.54) is 12.1 Å². The van der Waals surface area contributed by atoms with E-state index in [0.29, 0.717) is 43.6 Å². The highest BCUT2D eigenvalue weighted by Gasteiger charge is 2.23. The molecule has 0 spiro atoms. The number of cyclic esters (lactones) is 1. The van der Waals surface area contributed by atoms with Gasteiger partial charge in [-0.2, -0.15) is 0 Å². The predicted molar refractivity (Wildman–Crippen MR) is 119 cm³/mol. The molecule has 9 heteroatoms. The van der Waals surface area contributed by atoms with Crippen LogP contribution in [0.4, 0.5) is 32.2 Å². The molecular formula is C23H22FN5O3. The van der Waals surface area contributed by atoms with Gasteiger partial charge in [0.15, 0.2) is 0 Å². The zero-order valence-electron chi connectivity index (χ0n) is 17.3. The first-order valence-electron chi connectivity index (χ1n) is 10.4. The second-order valence-electron chi connectivity index (χ2n) is 7.50. The van der Waals surface area contributed by atoms with Gasteiger partial charge in [-0.1, -0.05) is 0 Å². The van der Waals surface area contributed by atoms with Crippen LogP contribution < -0.4 is 15.1 Å². The fourth-order valence-electron chi connectivity index (χ4n) is 3.79. The number of amides is 1. The van der Waals surface area contributed by atoms with Crippen molar-refractivity contribution in [2.75, 3.05) is 54.6 Å². The predicted octanol–water partition coefficient (Wildman–Crippen LogP) is 3.82. The number of carbonyl (C=O) groups is 1. The van der Waals surface area contributed by atoms with Gasteiger partial charge < -0.3 is 19.7 Å². The Morgan fingerprint density at radius 2 is 1.75 bits per heavy atom. The summed E-state index contributed by atoms with van der Waals surface area (Å²) in [5.41, 5.74) is 3.65. The zero-order chi connectivity index (χ0) is 21.9. The van der Waals surface area contributed by atoms with Crippen LogP contribution in [0.2, 0.25) is 0 Å². The molecule has 3 heterocycles. The van der Waals surface area contributed by atoms with E-state index in [-0.39, 0.29) is 11.9 Å². The molecule has 8 nitrogen and oxygen atoms in total. The summed E-state index contributed by atoms with van der Waals surface area (Å²) in [5.74, 6) is 0.0844. The first-order valence-corrected chi connectivity index (χ1v) is 10.4. The van der Waals surface area contributed by atoms with Crippen LogP contribution in [-0.4, -0.2) is 55.5 Å². The molecule has 164 valence electrons. The summed E-state index contributed by atoms with van der Waals surface area (Å²) in [4.78, 5) is 24.2. The average molecular weight is 435 g/mol. The minimum Gasteiger partial charge on any atom is -0.447 e. The Morgan fingerprint density at radius 3 is 2.50 bits per heavy atom. The molecule has 0 saturated carbocycles. The molecule has 2 aliphatic rings. The van der Waals surface area contributed by atoms with Gasteiger partial charge in [-0.05, 0) is 48.5 Å². The lowest BCUT2D eigenvalue weighted by molar-refractivity contribution is 0.122. The number of hydrogen-bond donors (Lipinski definition) is 1. The molecule has 0 bridgehead atoms. The molecular weight excluding hydrogens is 413 g/mol. The van der Waals surface area contributed by atoms with Gasteiger partial charge in [0.2, 0.25) is 5.95 Å². The van der Waals surface area contributed by atoms with Crippen LogP contribution in [-0.2, 0) is 9.47 Å². The van der Waals surface area contributed by atoms with Gasteiger partial charge in [0.1, 0.15) is 12.4 Å². The minimum absolute atomic E-state index is 0.312. The number of anilines is 4. The van der Waals surface area contributed by atoms with Crippen LogP contribution >= 0.6 is 0 Å². The number of ether oxygens (including phenoxy) is 2. The molecule has 0 aliphatic carbocycles. The molecule has 2 aliphatic heterocycles. The van der Waals surface area contributed by atoms with Crippen molar-refractivity contribution in [3.05, 3.63) is 60.5 Å². The van der Waals surface area contributed by atoms with Crippen molar-refractivity contribution >= 4 is 29.1 Å². The van der Waals surface area contributed by atoms with Crippen LogP contribution in [0.1, 0.15) is 0 Å². The number of nitrogens with zero attached hydrogens (tertiary/aromatic N) is 4. The highest BCUT2D eigenvalue weighted by Crippen LogP contribution is 2.27. The molecule has 2 fully saturated rings. The number of benzene rings is 2. The van der Waals surface area contributed by atoms with Crippen LogP contribution in [0.3, 0.4) is 0 Å². The number of rotatable bonds is 5. The summed E-state index contributed by atoms with van der Waals surface area (Å²) in [5, 5.41) is 3.16. The Bertz CT molecular complexity index is 1120. The van der Waals surface area contributed by atoms with Crippen molar-refractivity contribution < 1.29 is 18.7 Å². The summed E-state index contributed by atoms with van der Waals surface area (Å²) in [7, 11) is 0. The molecule has 1 amide bonds. The number of nitrogens with one attached hydrogen (secondary N) is 1. The van der Waals surface area contributed by atoms with Gasteiger partial charge >= 0.3 is 6.09 Å². The summed E-state index contributed by atoms with van der Waals surface area (Å²) >= 11 is 0. The summed E-state index contributed by atoms with van der Waals surface area (Å²) < 4.78 is 24.7. The number of aromatic nitrogens is 2. The maximum Gasteiger partial charge on any atom is 0.414 e. The minimum atomic E-state index is -0.340. The number of carbonyl (C=O) groups excluding carboxylic acids is 1.